The Labute approximate surface area is 382 Å². The van der Waals surface area contributed by atoms with Gasteiger partial charge >= 0.3 is 0 Å². The summed E-state index contributed by atoms with van der Waals surface area (Å²) in [5.74, 6) is 0. The summed E-state index contributed by atoms with van der Waals surface area (Å²) in [6.07, 6.45) is 0. The number of nitrogens with zero attached hydrogens (tertiary/aromatic N) is 4. The lowest BCUT2D eigenvalue weighted by atomic mass is 10.1. The number of hydrogen-bond acceptors (Lipinski definition) is 1. The van der Waals surface area contributed by atoms with Crippen molar-refractivity contribution < 1.29 is 0 Å². The van der Waals surface area contributed by atoms with Crippen molar-refractivity contribution in [1.82, 2.24) is 13.7 Å². The molecule has 0 aliphatic heterocycles. The van der Waals surface area contributed by atoms with Crippen LogP contribution in [0.15, 0.2) is 243 Å². The Bertz CT molecular complexity index is 3950. The van der Waals surface area contributed by atoms with Crippen LogP contribution in [0.2, 0.25) is 0 Å². The molecule has 0 saturated carbocycles. The molecule has 3 aromatic heterocycles. The van der Waals surface area contributed by atoms with Gasteiger partial charge < -0.3 is 13.7 Å². The number of benzene rings is 10. The smallest absolute Gasteiger partial charge is 0.179 e. The van der Waals surface area contributed by atoms with Crippen LogP contribution in [-0.4, -0.2) is 21.8 Å². The standard InChI is InChI=1S/C61H40N4Si/c62-41-42-28-35-53-50-22-11-14-26-57(50)64(59(53)38-42)44-31-37-55-52-24-12-15-27-58(52)65(61(55)40-44)45-32-36-54-51-23-10-13-25-56(51)63(60(54)39-45)43-29-33-49(34-30-43)66(46-16-4-1-5-17-46,47-18-6-2-7-19-47)48-20-8-3-9-21-48/h1-40H. The summed E-state index contributed by atoms with van der Waals surface area (Å²) in [5, 5.41) is 22.5. The molecule has 0 fully saturated rings. The highest BCUT2D eigenvalue weighted by Crippen LogP contribution is 2.39. The lowest BCUT2D eigenvalue weighted by Crippen LogP contribution is -2.74. The molecule has 0 atom stereocenters. The Morgan fingerprint density at radius 2 is 0.591 bits per heavy atom. The molecule has 0 radical (unpaired) electrons. The minimum atomic E-state index is -2.70. The van der Waals surface area contributed by atoms with Gasteiger partial charge in [0.05, 0.1) is 44.7 Å². The maximum Gasteiger partial charge on any atom is 0.179 e. The largest absolute Gasteiger partial charge is 0.309 e. The molecular formula is C61H40N4Si. The van der Waals surface area contributed by atoms with Crippen molar-refractivity contribution >= 4 is 94.2 Å². The maximum atomic E-state index is 9.94. The molecule has 5 heteroatoms. The van der Waals surface area contributed by atoms with Crippen molar-refractivity contribution in [2.45, 2.75) is 0 Å². The van der Waals surface area contributed by atoms with Gasteiger partial charge in [0, 0.05) is 49.4 Å². The Morgan fingerprint density at radius 1 is 0.273 bits per heavy atom. The molecule has 13 aromatic rings. The first kappa shape index (κ1) is 37.8. The van der Waals surface area contributed by atoms with Gasteiger partial charge in [-0.05, 0) is 87.5 Å². The van der Waals surface area contributed by atoms with E-state index in [1.165, 1.54) is 47.8 Å². The minimum Gasteiger partial charge on any atom is -0.309 e. The number of fused-ring (bicyclic) bond motifs is 9. The monoisotopic (exact) mass is 856 g/mol. The first-order chi connectivity index (χ1) is 32.7. The highest BCUT2D eigenvalue weighted by Gasteiger charge is 2.41. The van der Waals surface area contributed by atoms with Gasteiger partial charge in [0.15, 0.2) is 8.07 Å². The Kier molecular flexibility index (Phi) is 8.57. The van der Waals surface area contributed by atoms with Crippen molar-refractivity contribution in [1.29, 1.82) is 5.26 Å². The molecular weight excluding hydrogens is 817 g/mol. The average molecular weight is 857 g/mol. The Morgan fingerprint density at radius 3 is 1.02 bits per heavy atom. The van der Waals surface area contributed by atoms with Gasteiger partial charge in [0.2, 0.25) is 0 Å². The van der Waals surface area contributed by atoms with Gasteiger partial charge in [-0.25, -0.2) is 0 Å². The van der Waals surface area contributed by atoms with Crippen molar-refractivity contribution in [3.05, 3.63) is 248 Å². The van der Waals surface area contributed by atoms with Crippen LogP contribution in [0.5, 0.6) is 0 Å². The first-order valence-electron chi connectivity index (χ1n) is 22.5. The summed E-state index contributed by atoms with van der Waals surface area (Å²) in [7, 11) is -2.70. The van der Waals surface area contributed by atoms with Crippen LogP contribution in [0.4, 0.5) is 0 Å². The number of para-hydroxylation sites is 3. The second-order valence-corrected chi connectivity index (χ2v) is 21.0. The van der Waals surface area contributed by atoms with E-state index in [2.05, 4.69) is 250 Å². The molecule has 0 N–H and O–H groups in total. The van der Waals surface area contributed by atoms with Gasteiger partial charge in [-0.15, -0.1) is 0 Å². The predicted octanol–water partition coefficient (Wildman–Crippen LogP) is 12.2. The highest BCUT2D eigenvalue weighted by atomic mass is 28.3. The van der Waals surface area contributed by atoms with Crippen LogP contribution in [0, 0.1) is 11.3 Å². The fourth-order valence-corrected chi connectivity index (χ4v) is 15.7. The topological polar surface area (TPSA) is 38.6 Å². The second kappa shape index (κ2) is 15.0. The van der Waals surface area contributed by atoms with Crippen molar-refractivity contribution in [3.63, 3.8) is 0 Å². The number of hydrogen-bond donors (Lipinski definition) is 0. The van der Waals surface area contributed by atoms with E-state index in [1.54, 1.807) is 0 Å². The zero-order chi connectivity index (χ0) is 43.8. The van der Waals surface area contributed by atoms with Gasteiger partial charge in [-0.2, -0.15) is 5.26 Å². The molecule has 0 saturated heterocycles. The lowest BCUT2D eigenvalue weighted by molar-refractivity contribution is 1.14. The molecule has 0 amide bonds. The fourth-order valence-electron chi connectivity index (χ4n) is 11.0. The molecule has 0 unspecified atom stereocenters. The lowest BCUT2D eigenvalue weighted by Gasteiger charge is -2.34. The van der Waals surface area contributed by atoms with Gasteiger partial charge in [-0.3, -0.25) is 0 Å². The second-order valence-electron chi connectivity index (χ2n) is 17.2. The Balaban J connectivity index is 1.02. The fraction of sp³-hybridized carbons (Fsp3) is 0. The van der Waals surface area contributed by atoms with Crippen molar-refractivity contribution in [2.75, 3.05) is 0 Å². The normalized spacial score (nSPS) is 11.9. The van der Waals surface area contributed by atoms with E-state index in [0.29, 0.717) is 5.56 Å². The van der Waals surface area contributed by atoms with E-state index >= 15 is 0 Å². The first-order valence-corrected chi connectivity index (χ1v) is 24.5. The molecule has 0 aliphatic rings. The average Bonchev–Trinajstić information content (AvgIpc) is 4.02. The number of rotatable bonds is 7. The molecule has 0 bridgehead atoms. The highest BCUT2D eigenvalue weighted by molar-refractivity contribution is 7.19. The van der Waals surface area contributed by atoms with Crippen LogP contribution in [-0.2, 0) is 0 Å². The SMILES string of the molecule is N#Cc1ccc2c3ccccc3n(-c3ccc4c5ccccc5n(-c5ccc6c7ccccc7n(-c7ccc([Si](c8ccccc8)(c8ccccc8)c8ccccc8)cc7)c6c5)c4c3)c2c1. The molecule has 4 nitrogen and oxygen atoms in total. The third-order valence-electron chi connectivity index (χ3n) is 13.8. The van der Waals surface area contributed by atoms with Gasteiger partial charge in [0.1, 0.15) is 0 Å². The predicted molar refractivity (Wildman–Crippen MR) is 278 cm³/mol. The van der Waals surface area contributed by atoms with E-state index in [0.717, 1.165) is 55.4 Å². The summed E-state index contributed by atoms with van der Waals surface area (Å²) >= 11 is 0. The van der Waals surface area contributed by atoms with Crippen LogP contribution in [0.1, 0.15) is 5.56 Å². The van der Waals surface area contributed by atoms with E-state index in [9.17, 15) is 5.26 Å². The molecule has 13 rings (SSSR count). The number of nitriles is 1. The summed E-state index contributed by atoms with van der Waals surface area (Å²) in [5.41, 5.74) is 10.6. The molecule has 66 heavy (non-hydrogen) atoms. The zero-order valence-corrected chi connectivity index (χ0v) is 36.9. The molecule has 308 valence electrons. The van der Waals surface area contributed by atoms with E-state index in [4.69, 9.17) is 0 Å². The van der Waals surface area contributed by atoms with Crippen LogP contribution in [0.3, 0.4) is 0 Å². The summed E-state index contributed by atoms with van der Waals surface area (Å²) in [4.78, 5) is 0. The summed E-state index contributed by atoms with van der Waals surface area (Å²) in [6, 6.07) is 91.0. The minimum absolute atomic E-state index is 0.644. The van der Waals surface area contributed by atoms with E-state index in [1.807, 2.05) is 12.1 Å². The number of aromatic nitrogens is 3. The third kappa shape index (κ3) is 5.56. The summed E-state index contributed by atoms with van der Waals surface area (Å²) < 4.78 is 7.17. The van der Waals surface area contributed by atoms with E-state index in [-0.39, 0.29) is 0 Å². The van der Waals surface area contributed by atoms with Crippen LogP contribution >= 0.6 is 0 Å². The molecule has 0 spiro atoms. The van der Waals surface area contributed by atoms with Crippen molar-refractivity contribution in [3.8, 4) is 23.1 Å². The van der Waals surface area contributed by atoms with Gasteiger partial charge in [-0.1, -0.05) is 176 Å². The molecule has 3 heterocycles. The summed E-state index contributed by atoms with van der Waals surface area (Å²) in [6.45, 7) is 0. The van der Waals surface area contributed by atoms with Gasteiger partial charge in [0.25, 0.3) is 0 Å². The zero-order valence-electron chi connectivity index (χ0n) is 35.9. The quantitative estimate of drug-likeness (QED) is 0.116. The maximum absolute atomic E-state index is 9.94. The van der Waals surface area contributed by atoms with Crippen LogP contribution in [0.25, 0.3) is 82.5 Å². The third-order valence-corrected chi connectivity index (χ3v) is 18.6. The molecule has 0 aliphatic carbocycles. The molecule has 10 aromatic carbocycles. The van der Waals surface area contributed by atoms with Crippen LogP contribution < -0.4 is 20.7 Å². The Hall–Kier alpha value is -8.69. The van der Waals surface area contributed by atoms with E-state index < -0.39 is 8.07 Å². The van der Waals surface area contributed by atoms with Crippen molar-refractivity contribution in [2.24, 2.45) is 0 Å².